The molecule has 0 aliphatic rings. The van der Waals surface area contributed by atoms with Crippen LogP contribution in [0.1, 0.15) is 23.6 Å². The van der Waals surface area contributed by atoms with Gasteiger partial charge in [-0.15, -0.1) is 0 Å². The van der Waals surface area contributed by atoms with E-state index in [2.05, 4.69) is 6.58 Å². The summed E-state index contributed by atoms with van der Waals surface area (Å²) in [6.07, 6.45) is 0. The third kappa shape index (κ3) is 1.73. The number of rotatable bonds is 1. The number of phenolic OH excluding ortho intramolecular Hbond substituents is 1. The Labute approximate surface area is 99.0 Å². The van der Waals surface area contributed by atoms with E-state index in [-0.39, 0.29) is 5.75 Å². The fourth-order valence-electron chi connectivity index (χ4n) is 2.12. The van der Waals surface area contributed by atoms with Crippen molar-refractivity contribution in [3.05, 3.63) is 45.8 Å². The Morgan fingerprint density at radius 1 is 1.35 bits per heavy atom. The first-order chi connectivity index (χ1) is 7.91. The van der Waals surface area contributed by atoms with Crippen molar-refractivity contribution in [3.8, 4) is 5.75 Å². The monoisotopic (exact) mass is 230 g/mol. The largest absolute Gasteiger partial charge is 0.507 e. The maximum atomic E-state index is 11.8. The lowest BCUT2D eigenvalue weighted by molar-refractivity contribution is 0.478. The smallest absolute Gasteiger partial charge is 0.344 e. The van der Waals surface area contributed by atoms with Gasteiger partial charge in [0.25, 0.3) is 0 Å². The minimum absolute atomic E-state index is 0.128. The van der Waals surface area contributed by atoms with Gasteiger partial charge in [-0.3, -0.25) is 0 Å². The fraction of sp³-hybridized carbons (Fsp3) is 0.214. The van der Waals surface area contributed by atoms with Crippen LogP contribution in [0.25, 0.3) is 16.5 Å². The van der Waals surface area contributed by atoms with Crippen molar-refractivity contribution in [2.24, 2.45) is 0 Å². The van der Waals surface area contributed by atoms with Crippen molar-refractivity contribution < 1.29 is 9.52 Å². The molecule has 88 valence electrons. The molecule has 0 aliphatic heterocycles. The van der Waals surface area contributed by atoms with Crippen molar-refractivity contribution in [1.82, 2.24) is 0 Å². The zero-order valence-electron chi connectivity index (χ0n) is 10.1. The minimum Gasteiger partial charge on any atom is -0.507 e. The Balaban J connectivity index is 3.03. The van der Waals surface area contributed by atoms with Gasteiger partial charge in [-0.05, 0) is 49.6 Å². The number of aromatic hydroxyl groups is 1. The number of hydrogen-bond acceptors (Lipinski definition) is 3. The third-order valence-corrected chi connectivity index (χ3v) is 2.81. The van der Waals surface area contributed by atoms with Crippen LogP contribution in [-0.4, -0.2) is 5.11 Å². The van der Waals surface area contributed by atoms with Crippen molar-refractivity contribution in [3.63, 3.8) is 0 Å². The second-order valence-corrected chi connectivity index (χ2v) is 4.33. The van der Waals surface area contributed by atoms with Crippen molar-refractivity contribution >= 4 is 16.5 Å². The predicted octanol–water partition coefficient (Wildman–Crippen LogP) is 3.15. The zero-order valence-corrected chi connectivity index (χ0v) is 10.1. The van der Waals surface area contributed by atoms with Gasteiger partial charge in [0.15, 0.2) is 0 Å². The van der Waals surface area contributed by atoms with Crippen LogP contribution >= 0.6 is 0 Å². The van der Waals surface area contributed by atoms with E-state index in [1.54, 1.807) is 26.0 Å². The fourth-order valence-corrected chi connectivity index (χ4v) is 2.12. The molecule has 3 nitrogen and oxygen atoms in total. The maximum absolute atomic E-state index is 11.8. The highest BCUT2D eigenvalue weighted by Gasteiger charge is 2.14. The van der Waals surface area contributed by atoms with Crippen LogP contribution in [0.2, 0.25) is 0 Å². The molecule has 1 aromatic carbocycles. The first-order valence-corrected chi connectivity index (χ1v) is 5.34. The summed E-state index contributed by atoms with van der Waals surface area (Å²) in [5, 5.41) is 10.5. The molecule has 1 N–H and O–H groups in total. The van der Waals surface area contributed by atoms with Gasteiger partial charge in [-0.25, -0.2) is 4.79 Å². The lowest BCUT2D eigenvalue weighted by Crippen LogP contribution is -2.08. The highest BCUT2D eigenvalue weighted by molar-refractivity contribution is 5.90. The van der Waals surface area contributed by atoms with Crippen LogP contribution in [0.15, 0.2) is 27.9 Å². The second kappa shape index (κ2) is 3.77. The first-order valence-electron chi connectivity index (χ1n) is 5.34. The molecule has 1 heterocycles. The Hall–Kier alpha value is -2.03. The van der Waals surface area contributed by atoms with Crippen LogP contribution in [0.3, 0.4) is 0 Å². The highest BCUT2D eigenvalue weighted by atomic mass is 16.4. The van der Waals surface area contributed by atoms with Gasteiger partial charge in [0, 0.05) is 0 Å². The molecule has 0 spiro atoms. The van der Waals surface area contributed by atoms with Crippen LogP contribution in [-0.2, 0) is 0 Å². The van der Waals surface area contributed by atoms with E-state index in [9.17, 15) is 9.90 Å². The summed E-state index contributed by atoms with van der Waals surface area (Å²) in [5.74, 6) is 0.128. The molecule has 0 fully saturated rings. The van der Waals surface area contributed by atoms with E-state index in [1.165, 1.54) is 0 Å². The molecule has 2 aromatic rings. The molecule has 17 heavy (non-hydrogen) atoms. The SMILES string of the molecule is C=C(C)c1c(C)c2c(O)cc(C)cc2oc1=O. The molecule has 2 rings (SSSR count). The van der Waals surface area contributed by atoms with Gasteiger partial charge in [0.2, 0.25) is 0 Å². The average Bonchev–Trinajstić information content (AvgIpc) is 2.13. The van der Waals surface area contributed by atoms with Crippen LogP contribution in [0.5, 0.6) is 5.75 Å². The summed E-state index contributed by atoms with van der Waals surface area (Å²) < 4.78 is 5.22. The van der Waals surface area contributed by atoms with E-state index in [1.807, 2.05) is 6.92 Å². The standard InChI is InChI=1S/C14H14O3/c1-7(2)12-9(4)13-10(15)5-8(3)6-11(13)17-14(12)16/h5-6,15H,1H2,2-4H3. The minimum atomic E-state index is -0.410. The van der Waals surface area contributed by atoms with Crippen molar-refractivity contribution in [1.29, 1.82) is 0 Å². The lowest BCUT2D eigenvalue weighted by atomic mass is 10.00. The van der Waals surface area contributed by atoms with Gasteiger partial charge in [-0.1, -0.05) is 6.58 Å². The van der Waals surface area contributed by atoms with E-state index in [0.29, 0.717) is 27.7 Å². The van der Waals surface area contributed by atoms with Gasteiger partial charge in [0.1, 0.15) is 11.3 Å². The third-order valence-electron chi connectivity index (χ3n) is 2.81. The van der Waals surface area contributed by atoms with Crippen LogP contribution in [0, 0.1) is 13.8 Å². The molecular formula is C14H14O3. The van der Waals surface area contributed by atoms with E-state index < -0.39 is 5.63 Å². The van der Waals surface area contributed by atoms with Gasteiger partial charge in [0.05, 0.1) is 10.9 Å². The summed E-state index contributed by atoms with van der Waals surface area (Å²) in [6, 6.07) is 3.39. The topological polar surface area (TPSA) is 50.4 Å². The Kier molecular flexibility index (Phi) is 2.54. The maximum Gasteiger partial charge on any atom is 0.344 e. The van der Waals surface area contributed by atoms with Gasteiger partial charge in [-0.2, -0.15) is 0 Å². The van der Waals surface area contributed by atoms with E-state index >= 15 is 0 Å². The molecule has 0 bridgehead atoms. The number of allylic oxidation sites excluding steroid dienone is 1. The summed E-state index contributed by atoms with van der Waals surface area (Å²) in [6.45, 7) is 9.13. The van der Waals surface area contributed by atoms with Crippen molar-refractivity contribution in [2.75, 3.05) is 0 Å². The number of aryl methyl sites for hydroxylation is 2. The summed E-state index contributed by atoms with van der Waals surface area (Å²) in [7, 11) is 0. The molecule has 0 saturated heterocycles. The van der Waals surface area contributed by atoms with Crippen LogP contribution in [0.4, 0.5) is 0 Å². The number of benzene rings is 1. The Bertz CT molecular complexity index is 678. The molecular weight excluding hydrogens is 216 g/mol. The molecule has 0 amide bonds. The zero-order chi connectivity index (χ0) is 12.7. The Morgan fingerprint density at radius 2 is 2.00 bits per heavy atom. The summed E-state index contributed by atoms with van der Waals surface area (Å²) in [5.41, 5.74) is 2.64. The molecule has 0 saturated carbocycles. The molecule has 0 atom stereocenters. The summed E-state index contributed by atoms with van der Waals surface area (Å²) >= 11 is 0. The van der Waals surface area contributed by atoms with Crippen LogP contribution < -0.4 is 5.63 Å². The quantitative estimate of drug-likeness (QED) is 0.765. The van der Waals surface area contributed by atoms with E-state index in [4.69, 9.17) is 4.42 Å². The van der Waals surface area contributed by atoms with Gasteiger partial charge >= 0.3 is 5.63 Å². The first kappa shape index (κ1) is 11.5. The molecule has 0 aliphatic carbocycles. The number of phenols is 1. The highest BCUT2D eigenvalue weighted by Crippen LogP contribution is 2.31. The predicted molar refractivity (Wildman–Crippen MR) is 68.3 cm³/mol. The number of hydrogen-bond donors (Lipinski definition) is 1. The van der Waals surface area contributed by atoms with Crippen molar-refractivity contribution in [2.45, 2.75) is 20.8 Å². The number of fused-ring (bicyclic) bond motifs is 1. The Morgan fingerprint density at radius 3 is 2.59 bits per heavy atom. The average molecular weight is 230 g/mol. The molecule has 1 aromatic heterocycles. The van der Waals surface area contributed by atoms with Gasteiger partial charge < -0.3 is 9.52 Å². The second-order valence-electron chi connectivity index (χ2n) is 4.33. The molecule has 3 heteroatoms. The lowest BCUT2D eigenvalue weighted by Gasteiger charge is -2.09. The summed E-state index contributed by atoms with van der Waals surface area (Å²) in [4.78, 5) is 11.8. The van der Waals surface area contributed by atoms with E-state index in [0.717, 1.165) is 5.56 Å². The molecule has 0 radical (unpaired) electrons. The molecule has 0 unspecified atom stereocenters. The normalized spacial score (nSPS) is 10.8.